The van der Waals surface area contributed by atoms with Crippen LogP contribution in [0.3, 0.4) is 0 Å². The lowest BCUT2D eigenvalue weighted by Gasteiger charge is -2.19. The van der Waals surface area contributed by atoms with E-state index < -0.39 is 0 Å². The highest BCUT2D eigenvalue weighted by Crippen LogP contribution is 2.45. The average Bonchev–Trinajstić information content (AvgIpc) is 2.82. The Labute approximate surface area is 148 Å². The number of nitrogens with zero attached hydrogens (tertiary/aromatic N) is 3. The van der Waals surface area contributed by atoms with Crippen molar-refractivity contribution in [2.45, 2.75) is 17.9 Å². The summed E-state index contributed by atoms with van der Waals surface area (Å²) >= 11 is 14.5. The van der Waals surface area contributed by atoms with Gasteiger partial charge in [-0.05, 0) is 42.3 Å². The second kappa shape index (κ2) is 5.86. The molecule has 0 fully saturated rings. The van der Waals surface area contributed by atoms with Crippen molar-refractivity contribution >= 4 is 35.0 Å². The van der Waals surface area contributed by atoms with Gasteiger partial charge >= 0.3 is 0 Å². The molecule has 0 radical (unpaired) electrons. The summed E-state index contributed by atoms with van der Waals surface area (Å²) in [5.41, 5.74) is 3.30. The maximum Gasteiger partial charge on any atom is 0.147 e. The minimum atomic E-state index is 0.110. The molecule has 0 N–H and O–H groups in total. The standard InChI is InChI=1S/C17H13Cl2N3S/c1-10-20-21-16-9-23-17(12-4-2-3-5-14(12)19)13-8-11(18)6-7-15(13)22(10)16/h2-8,17H,9H2,1H3. The molecule has 1 aromatic heterocycles. The summed E-state index contributed by atoms with van der Waals surface area (Å²) in [7, 11) is 0. The van der Waals surface area contributed by atoms with Crippen molar-refractivity contribution in [3.05, 3.63) is 75.3 Å². The molecule has 23 heavy (non-hydrogen) atoms. The van der Waals surface area contributed by atoms with Crippen LogP contribution in [-0.2, 0) is 5.75 Å². The first-order chi connectivity index (χ1) is 11.1. The largest absolute Gasteiger partial charge is 0.282 e. The van der Waals surface area contributed by atoms with Crippen LogP contribution in [0.1, 0.15) is 28.0 Å². The SMILES string of the molecule is Cc1nnc2n1-c1ccc(Cl)cc1C(c1ccccc1Cl)SC2. The van der Waals surface area contributed by atoms with Gasteiger partial charge in [0, 0.05) is 10.0 Å². The van der Waals surface area contributed by atoms with E-state index in [1.807, 2.05) is 43.3 Å². The number of aryl methyl sites for hydroxylation is 1. The number of rotatable bonds is 1. The summed E-state index contributed by atoms with van der Waals surface area (Å²) in [5, 5.41) is 10.1. The van der Waals surface area contributed by atoms with Gasteiger partial charge in [0.25, 0.3) is 0 Å². The number of halogens is 2. The first kappa shape index (κ1) is 15.1. The van der Waals surface area contributed by atoms with Crippen LogP contribution in [-0.4, -0.2) is 14.8 Å². The molecule has 1 atom stereocenters. The van der Waals surface area contributed by atoms with Crippen LogP contribution in [0, 0.1) is 6.92 Å². The zero-order valence-electron chi connectivity index (χ0n) is 12.3. The van der Waals surface area contributed by atoms with Crippen LogP contribution in [0.25, 0.3) is 5.69 Å². The van der Waals surface area contributed by atoms with Crippen molar-refractivity contribution in [1.82, 2.24) is 14.8 Å². The second-order valence-corrected chi connectivity index (χ2v) is 7.35. The number of thioether (sulfide) groups is 1. The molecule has 1 unspecified atom stereocenters. The second-order valence-electron chi connectivity index (χ2n) is 5.41. The number of fused-ring (bicyclic) bond motifs is 3. The molecule has 0 bridgehead atoms. The van der Waals surface area contributed by atoms with Gasteiger partial charge in [0.05, 0.1) is 16.7 Å². The molecule has 2 heterocycles. The van der Waals surface area contributed by atoms with E-state index in [1.165, 1.54) is 0 Å². The summed E-state index contributed by atoms with van der Waals surface area (Å²) in [6, 6.07) is 13.9. The molecule has 0 aliphatic carbocycles. The van der Waals surface area contributed by atoms with E-state index in [9.17, 15) is 0 Å². The zero-order valence-corrected chi connectivity index (χ0v) is 14.7. The van der Waals surface area contributed by atoms with Gasteiger partial charge < -0.3 is 0 Å². The molecule has 2 aromatic carbocycles. The van der Waals surface area contributed by atoms with Gasteiger partial charge in [-0.1, -0.05) is 41.4 Å². The van der Waals surface area contributed by atoms with E-state index in [0.717, 1.165) is 44.3 Å². The maximum absolute atomic E-state index is 6.45. The van der Waals surface area contributed by atoms with Crippen LogP contribution >= 0.6 is 35.0 Å². The first-order valence-electron chi connectivity index (χ1n) is 7.22. The van der Waals surface area contributed by atoms with Crippen LogP contribution in [0.4, 0.5) is 0 Å². The van der Waals surface area contributed by atoms with Crippen molar-refractivity contribution in [3.8, 4) is 5.69 Å². The Morgan fingerprint density at radius 3 is 2.74 bits per heavy atom. The minimum absolute atomic E-state index is 0.110. The van der Waals surface area contributed by atoms with Crippen LogP contribution in [0.5, 0.6) is 0 Å². The lowest BCUT2D eigenvalue weighted by Crippen LogP contribution is -2.04. The Morgan fingerprint density at radius 2 is 1.91 bits per heavy atom. The summed E-state index contributed by atoms with van der Waals surface area (Å²) in [6.07, 6.45) is 0. The molecule has 3 nitrogen and oxygen atoms in total. The van der Waals surface area contributed by atoms with Crippen LogP contribution in [0.15, 0.2) is 42.5 Å². The zero-order chi connectivity index (χ0) is 16.0. The molecule has 3 aromatic rings. The van der Waals surface area contributed by atoms with Crippen molar-refractivity contribution in [2.24, 2.45) is 0 Å². The number of hydrogen-bond acceptors (Lipinski definition) is 3. The van der Waals surface area contributed by atoms with Crippen molar-refractivity contribution in [1.29, 1.82) is 0 Å². The summed E-state index contributed by atoms with van der Waals surface area (Å²) in [4.78, 5) is 0. The Morgan fingerprint density at radius 1 is 1.09 bits per heavy atom. The van der Waals surface area contributed by atoms with Gasteiger partial charge in [-0.2, -0.15) is 0 Å². The molecular weight excluding hydrogens is 349 g/mol. The van der Waals surface area contributed by atoms with Gasteiger partial charge in [0.15, 0.2) is 0 Å². The Hall–Kier alpha value is -1.49. The van der Waals surface area contributed by atoms with Gasteiger partial charge in [-0.15, -0.1) is 22.0 Å². The fourth-order valence-corrected chi connectivity index (χ4v) is 4.69. The number of aromatic nitrogens is 3. The Kier molecular flexibility index (Phi) is 3.84. The summed E-state index contributed by atoms with van der Waals surface area (Å²) in [5.74, 6) is 2.60. The van der Waals surface area contributed by atoms with Crippen molar-refractivity contribution < 1.29 is 0 Å². The van der Waals surface area contributed by atoms with E-state index in [0.29, 0.717) is 0 Å². The molecule has 0 amide bonds. The topological polar surface area (TPSA) is 30.7 Å². The highest BCUT2D eigenvalue weighted by atomic mass is 35.5. The average molecular weight is 362 g/mol. The maximum atomic E-state index is 6.45. The third-order valence-electron chi connectivity index (χ3n) is 3.97. The number of benzene rings is 2. The van der Waals surface area contributed by atoms with E-state index in [4.69, 9.17) is 23.2 Å². The van der Waals surface area contributed by atoms with Gasteiger partial charge in [0.1, 0.15) is 11.6 Å². The van der Waals surface area contributed by atoms with E-state index >= 15 is 0 Å². The molecular formula is C17H13Cl2N3S. The predicted octanol–water partition coefficient (Wildman–Crippen LogP) is 5.22. The third-order valence-corrected chi connectivity index (χ3v) is 5.82. The molecule has 6 heteroatoms. The van der Waals surface area contributed by atoms with Crippen molar-refractivity contribution in [3.63, 3.8) is 0 Å². The number of hydrogen-bond donors (Lipinski definition) is 0. The summed E-state index contributed by atoms with van der Waals surface area (Å²) < 4.78 is 2.11. The minimum Gasteiger partial charge on any atom is -0.282 e. The van der Waals surface area contributed by atoms with E-state index in [1.54, 1.807) is 11.8 Å². The highest BCUT2D eigenvalue weighted by Gasteiger charge is 2.27. The molecule has 0 saturated carbocycles. The normalized spacial score (nSPS) is 16.6. The molecule has 116 valence electrons. The molecule has 1 aliphatic heterocycles. The molecule has 1 aliphatic rings. The molecule has 0 saturated heterocycles. The summed E-state index contributed by atoms with van der Waals surface area (Å²) in [6.45, 7) is 1.97. The third kappa shape index (κ3) is 2.55. The van der Waals surface area contributed by atoms with Gasteiger partial charge in [-0.3, -0.25) is 4.57 Å². The fraction of sp³-hybridized carbons (Fsp3) is 0.176. The lowest BCUT2D eigenvalue weighted by atomic mass is 10.0. The quantitative estimate of drug-likeness (QED) is 0.595. The first-order valence-corrected chi connectivity index (χ1v) is 9.02. The van der Waals surface area contributed by atoms with Crippen LogP contribution < -0.4 is 0 Å². The van der Waals surface area contributed by atoms with Crippen molar-refractivity contribution in [2.75, 3.05) is 0 Å². The van der Waals surface area contributed by atoms with E-state index in [-0.39, 0.29) is 5.25 Å². The lowest BCUT2D eigenvalue weighted by molar-refractivity contribution is 0.922. The predicted molar refractivity (Wildman–Crippen MR) is 95.7 cm³/mol. The monoisotopic (exact) mass is 361 g/mol. The van der Waals surface area contributed by atoms with Crippen LogP contribution in [0.2, 0.25) is 10.0 Å². The highest BCUT2D eigenvalue weighted by molar-refractivity contribution is 7.99. The van der Waals surface area contributed by atoms with Gasteiger partial charge in [0.2, 0.25) is 0 Å². The molecule has 4 rings (SSSR count). The Balaban J connectivity index is 1.97. The molecule has 0 spiro atoms. The Bertz CT molecular complexity index is 891. The van der Waals surface area contributed by atoms with E-state index in [2.05, 4.69) is 20.8 Å². The fourth-order valence-electron chi connectivity index (χ4n) is 2.94. The van der Waals surface area contributed by atoms with Gasteiger partial charge in [-0.25, -0.2) is 0 Å². The smallest absolute Gasteiger partial charge is 0.147 e.